The molecular weight excluding hydrogens is 562 g/mol. The molecule has 0 bridgehead atoms. The number of morpholine rings is 1. The quantitative estimate of drug-likeness (QED) is 0.327. The van der Waals surface area contributed by atoms with E-state index in [1.54, 1.807) is 6.07 Å². The van der Waals surface area contributed by atoms with Gasteiger partial charge in [-0.05, 0) is 53.9 Å². The summed E-state index contributed by atoms with van der Waals surface area (Å²) in [7, 11) is -4.14. The fourth-order valence-corrected chi connectivity index (χ4v) is 5.70. The van der Waals surface area contributed by atoms with Crippen LogP contribution < -0.4 is 15.2 Å². The van der Waals surface area contributed by atoms with Crippen LogP contribution in [0.3, 0.4) is 0 Å². The lowest BCUT2D eigenvalue weighted by Gasteiger charge is -2.26. The summed E-state index contributed by atoms with van der Waals surface area (Å²) < 4.78 is 62.6. The number of pyridine rings is 2. The molecule has 2 N–H and O–H groups in total. The summed E-state index contributed by atoms with van der Waals surface area (Å²) in [6.45, 7) is 4.74. The number of nitrogens with zero attached hydrogens (tertiary/aromatic N) is 4. The van der Waals surface area contributed by atoms with E-state index >= 15 is 4.39 Å². The van der Waals surface area contributed by atoms with E-state index in [1.807, 2.05) is 23.2 Å². The molecule has 0 spiro atoms. The number of sulfonamides is 1. The van der Waals surface area contributed by atoms with Crippen molar-refractivity contribution in [3.63, 3.8) is 0 Å². The molecule has 1 saturated heterocycles. The van der Waals surface area contributed by atoms with Gasteiger partial charge in [0.15, 0.2) is 11.6 Å². The molecule has 0 amide bonds. The van der Waals surface area contributed by atoms with Crippen molar-refractivity contribution in [3.8, 4) is 11.8 Å². The van der Waals surface area contributed by atoms with Crippen molar-refractivity contribution >= 4 is 27.2 Å². The van der Waals surface area contributed by atoms with Gasteiger partial charge in [-0.25, -0.2) is 27.6 Å². The molecule has 0 aliphatic carbocycles. The van der Waals surface area contributed by atoms with Crippen LogP contribution in [0.2, 0.25) is 0 Å². The summed E-state index contributed by atoms with van der Waals surface area (Å²) >= 11 is 0. The molecule has 214 valence electrons. The minimum Gasteiger partial charge on any atom is -0.379 e. The normalized spacial score (nSPS) is 15.1. The highest BCUT2D eigenvalue weighted by atomic mass is 32.2. The summed E-state index contributed by atoms with van der Waals surface area (Å²) in [6.07, 6.45) is 2.54. The van der Waals surface area contributed by atoms with Crippen LogP contribution in [-0.2, 0) is 27.8 Å². The number of halogens is 2. The van der Waals surface area contributed by atoms with Crippen LogP contribution in [-0.4, -0.2) is 49.6 Å². The van der Waals surface area contributed by atoms with Crippen LogP contribution in [0.5, 0.6) is 0 Å². The molecule has 0 atom stereocenters. The van der Waals surface area contributed by atoms with Crippen LogP contribution in [0.15, 0.2) is 78.0 Å². The van der Waals surface area contributed by atoms with Gasteiger partial charge in [0.1, 0.15) is 16.4 Å². The number of nitrogens with one attached hydrogen (secondary N) is 2. The highest BCUT2D eigenvalue weighted by molar-refractivity contribution is 7.92. The molecule has 0 radical (unpaired) electrons. The Morgan fingerprint density at radius 2 is 1.81 bits per heavy atom. The van der Waals surface area contributed by atoms with Crippen molar-refractivity contribution in [3.05, 3.63) is 107 Å². The molecule has 2 aliphatic rings. The van der Waals surface area contributed by atoms with E-state index < -0.39 is 32.9 Å². The number of fused-ring (bicyclic) bond motifs is 1. The molecule has 42 heavy (non-hydrogen) atoms. The average Bonchev–Trinajstić information content (AvgIpc) is 3.43. The van der Waals surface area contributed by atoms with E-state index in [1.165, 1.54) is 23.9 Å². The number of rotatable bonds is 6. The summed E-state index contributed by atoms with van der Waals surface area (Å²) in [5.41, 5.74) is 5.63. The van der Waals surface area contributed by atoms with Crippen LogP contribution >= 0.6 is 0 Å². The van der Waals surface area contributed by atoms with Gasteiger partial charge in [-0.2, -0.15) is 0 Å². The van der Waals surface area contributed by atoms with Crippen molar-refractivity contribution in [2.45, 2.75) is 18.0 Å². The number of aromatic nitrogens is 2. The van der Waals surface area contributed by atoms with Gasteiger partial charge in [-0.1, -0.05) is 24.1 Å². The molecule has 2 aromatic heterocycles. The SMILES string of the molecule is O=S(=O)(Nc1ccc(F)c(C#Cc2ccc3c(n2)N(c2ccc(CN4CCOCC4)cc2)NC3)c1F)c1cccnc1. The number of anilines is 3. The highest BCUT2D eigenvalue weighted by Crippen LogP contribution is 2.30. The molecule has 4 heterocycles. The first-order valence-electron chi connectivity index (χ1n) is 13.2. The summed E-state index contributed by atoms with van der Waals surface area (Å²) in [4.78, 5) is 10.6. The lowest BCUT2D eigenvalue weighted by atomic mass is 10.1. The zero-order valence-corrected chi connectivity index (χ0v) is 23.2. The Hall–Kier alpha value is -4.41. The monoisotopic (exact) mass is 588 g/mol. The minimum atomic E-state index is -4.14. The molecule has 1 fully saturated rings. The van der Waals surface area contributed by atoms with Gasteiger partial charge in [-0.3, -0.25) is 19.6 Å². The number of benzene rings is 2. The van der Waals surface area contributed by atoms with E-state index in [4.69, 9.17) is 4.74 Å². The molecule has 6 rings (SSSR count). The fourth-order valence-electron chi connectivity index (χ4n) is 4.68. The zero-order valence-electron chi connectivity index (χ0n) is 22.3. The third kappa shape index (κ3) is 5.95. The van der Waals surface area contributed by atoms with E-state index in [-0.39, 0.29) is 4.90 Å². The first-order chi connectivity index (χ1) is 20.4. The Morgan fingerprint density at radius 1 is 1.00 bits per heavy atom. The number of hydrogen-bond acceptors (Lipinski definition) is 8. The lowest BCUT2D eigenvalue weighted by molar-refractivity contribution is 0.0342. The maximum absolute atomic E-state index is 15.2. The molecule has 9 nitrogen and oxygen atoms in total. The predicted octanol–water partition coefficient (Wildman–Crippen LogP) is 3.94. The van der Waals surface area contributed by atoms with Crippen LogP contribution in [0.4, 0.5) is 26.0 Å². The molecule has 2 aliphatic heterocycles. The number of hydrazine groups is 1. The van der Waals surface area contributed by atoms with Crippen LogP contribution in [0.25, 0.3) is 0 Å². The Balaban J connectivity index is 1.22. The van der Waals surface area contributed by atoms with Crippen LogP contribution in [0, 0.1) is 23.5 Å². The first-order valence-corrected chi connectivity index (χ1v) is 14.7. The zero-order chi connectivity index (χ0) is 29.1. The lowest BCUT2D eigenvalue weighted by Crippen LogP contribution is -2.35. The smallest absolute Gasteiger partial charge is 0.263 e. The van der Waals surface area contributed by atoms with Gasteiger partial charge < -0.3 is 4.74 Å². The summed E-state index contributed by atoms with van der Waals surface area (Å²) in [5.74, 6) is 3.80. The second-order valence-electron chi connectivity index (χ2n) is 9.73. The van der Waals surface area contributed by atoms with E-state index in [9.17, 15) is 12.8 Å². The van der Waals surface area contributed by atoms with E-state index in [0.29, 0.717) is 18.1 Å². The fraction of sp³-hybridized carbons (Fsp3) is 0.200. The number of hydrogen-bond donors (Lipinski definition) is 2. The van der Waals surface area contributed by atoms with Gasteiger partial charge >= 0.3 is 0 Å². The molecule has 0 saturated carbocycles. The maximum Gasteiger partial charge on any atom is 0.263 e. The second-order valence-corrected chi connectivity index (χ2v) is 11.4. The van der Waals surface area contributed by atoms with Gasteiger partial charge in [0.2, 0.25) is 0 Å². The van der Waals surface area contributed by atoms with Gasteiger partial charge in [0.05, 0.1) is 30.2 Å². The van der Waals surface area contributed by atoms with Crippen molar-refractivity contribution in [2.75, 3.05) is 36.0 Å². The minimum absolute atomic E-state index is 0.159. The van der Waals surface area contributed by atoms with Crippen molar-refractivity contribution in [1.29, 1.82) is 0 Å². The van der Waals surface area contributed by atoms with E-state index in [0.717, 1.165) is 62.4 Å². The maximum atomic E-state index is 15.2. The Bertz CT molecular complexity index is 1770. The third-order valence-corrected chi connectivity index (χ3v) is 8.25. The second kappa shape index (κ2) is 11.8. The van der Waals surface area contributed by atoms with Crippen molar-refractivity contribution < 1.29 is 21.9 Å². The summed E-state index contributed by atoms with van der Waals surface area (Å²) in [5, 5.41) is 1.86. The van der Waals surface area contributed by atoms with Crippen LogP contribution in [0.1, 0.15) is 22.4 Å². The van der Waals surface area contributed by atoms with Gasteiger partial charge in [0, 0.05) is 44.1 Å². The van der Waals surface area contributed by atoms with Gasteiger partial charge in [-0.15, -0.1) is 0 Å². The Labute approximate surface area is 242 Å². The molecule has 2 aromatic carbocycles. The van der Waals surface area contributed by atoms with Gasteiger partial charge in [0.25, 0.3) is 10.0 Å². The average molecular weight is 589 g/mol. The molecule has 0 unspecified atom stereocenters. The molecule has 4 aromatic rings. The first kappa shape index (κ1) is 27.7. The largest absolute Gasteiger partial charge is 0.379 e. The molecular formula is C30H26F2N6O3S. The van der Waals surface area contributed by atoms with Crippen molar-refractivity contribution in [2.24, 2.45) is 0 Å². The standard InChI is InChI=1S/C30H26F2N6O3S/c31-27-11-12-28(36-42(39,40)25-2-1-13-33-19-25)29(32)26(27)10-7-23-6-5-22-18-34-38(30(22)35-23)24-8-3-21(4-9-24)20-37-14-16-41-17-15-37/h1-6,8-9,11-13,19,34,36H,14-18,20H2. The van der Waals surface area contributed by atoms with E-state index in [2.05, 4.69) is 49.0 Å². The third-order valence-electron chi connectivity index (χ3n) is 6.90. The Morgan fingerprint density at radius 3 is 2.57 bits per heavy atom. The summed E-state index contributed by atoms with van der Waals surface area (Å²) in [6, 6.07) is 16.4. The number of ether oxygens (including phenoxy) is 1. The Kier molecular flexibility index (Phi) is 7.82. The predicted molar refractivity (Wildman–Crippen MR) is 153 cm³/mol. The van der Waals surface area contributed by atoms with Crippen molar-refractivity contribution in [1.82, 2.24) is 20.3 Å². The topological polar surface area (TPSA) is 99.7 Å². The highest BCUT2D eigenvalue weighted by Gasteiger charge is 2.23. The molecule has 12 heteroatoms.